The lowest BCUT2D eigenvalue weighted by molar-refractivity contribution is -0.298. The molecule has 17 heteroatoms. The van der Waals surface area contributed by atoms with Gasteiger partial charge in [-0.05, 0) is 32.1 Å². The highest BCUT2D eigenvalue weighted by Crippen LogP contribution is 2.35. The van der Waals surface area contributed by atoms with E-state index in [-0.39, 0.29) is 88.9 Å². The molecule has 2 fully saturated rings. The van der Waals surface area contributed by atoms with Crippen LogP contribution >= 0.6 is 0 Å². The van der Waals surface area contributed by atoms with E-state index in [4.69, 9.17) is 30.4 Å². The van der Waals surface area contributed by atoms with Crippen molar-refractivity contribution in [1.82, 2.24) is 10.6 Å². The largest absolute Gasteiger partial charge is 0.462 e. The van der Waals surface area contributed by atoms with Crippen LogP contribution < -0.4 is 22.1 Å². The lowest BCUT2D eigenvalue weighted by atomic mass is 9.87. The Kier molecular flexibility index (Phi) is 23.7. The Hall–Kier alpha value is -3.07. The first-order chi connectivity index (χ1) is 27.6. The third-order valence-corrected chi connectivity index (χ3v) is 10.2. The second-order valence-electron chi connectivity index (χ2n) is 15.2. The second-order valence-corrected chi connectivity index (χ2v) is 15.2. The molecule has 11 unspecified atom stereocenters. The van der Waals surface area contributed by atoms with Gasteiger partial charge in [0, 0.05) is 45.2 Å². The molecule has 332 valence electrons. The number of esters is 1. The van der Waals surface area contributed by atoms with Crippen molar-refractivity contribution in [3.05, 3.63) is 48.6 Å². The number of carbonyl (C=O) groups is 3. The molecule has 2 aliphatic heterocycles. The predicted octanol–water partition coefficient (Wildman–Crippen LogP) is 0.876. The summed E-state index contributed by atoms with van der Waals surface area (Å²) < 4.78 is 23.3. The number of carbonyl (C=O) groups excluding carboxylic acids is 3. The van der Waals surface area contributed by atoms with Crippen LogP contribution in [0.3, 0.4) is 0 Å². The van der Waals surface area contributed by atoms with Gasteiger partial charge in [-0.25, -0.2) is 4.79 Å². The van der Waals surface area contributed by atoms with E-state index in [0.717, 1.165) is 6.42 Å². The standard InChI is InChI=1S/C41H70N4O13/c1-5-8-9-10-11-12-13-17-30(56-39-38(52)36(43)32(50)25-55-39)22-34-37(45-40(53)44-19-18-42)31(49)24-41(54,58-34)23-28(47)16-14-15-27(46)20-29(48)21-35(51)57-33(7-3)26(4)6-2/h5,8-13,17,26,28-34,36-39,47-50,52,54H,6-7,14-16,18-25,42-43H2,1-4H3,(H2,44,45,53)/b8-5+,10-9+,12-11+,17-13+/t26?,28?,29?,30?,31?,32?,33?,34?,36-,37?,38-,39?,41?/m0/s1. The zero-order valence-corrected chi connectivity index (χ0v) is 34.4. The van der Waals surface area contributed by atoms with Crippen LogP contribution in [-0.2, 0) is 28.5 Å². The number of aliphatic hydroxyl groups excluding tert-OH is 5. The van der Waals surface area contributed by atoms with E-state index in [0.29, 0.717) is 6.42 Å². The number of urea groups is 1. The van der Waals surface area contributed by atoms with Gasteiger partial charge in [0.25, 0.3) is 0 Å². The Labute approximate surface area is 342 Å². The van der Waals surface area contributed by atoms with Gasteiger partial charge in [-0.3, -0.25) is 9.59 Å². The maximum Gasteiger partial charge on any atom is 0.315 e. The molecular formula is C41H70N4O13. The lowest BCUT2D eigenvalue weighted by Gasteiger charge is -2.46. The molecule has 2 aliphatic rings. The summed E-state index contributed by atoms with van der Waals surface area (Å²) in [5, 5.41) is 70.3. The van der Waals surface area contributed by atoms with Gasteiger partial charge >= 0.3 is 12.0 Å². The highest BCUT2D eigenvalue weighted by molar-refractivity contribution is 5.80. The van der Waals surface area contributed by atoms with Gasteiger partial charge in [-0.2, -0.15) is 0 Å². The third-order valence-electron chi connectivity index (χ3n) is 10.2. The summed E-state index contributed by atoms with van der Waals surface area (Å²) in [6, 6.07) is -2.79. The number of aliphatic hydroxyl groups is 6. The number of ether oxygens (including phenoxy) is 4. The molecule has 0 saturated carbocycles. The second kappa shape index (κ2) is 26.9. The minimum Gasteiger partial charge on any atom is -0.462 e. The smallest absolute Gasteiger partial charge is 0.315 e. The number of rotatable bonds is 25. The molecule has 0 aliphatic carbocycles. The minimum atomic E-state index is -2.08. The number of allylic oxidation sites excluding steroid dienone is 7. The third kappa shape index (κ3) is 18.5. The van der Waals surface area contributed by atoms with Gasteiger partial charge in [-0.1, -0.05) is 75.8 Å². The fourth-order valence-electron chi connectivity index (χ4n) is 6.79. The van der Waals surface area contributed by atoms with Gasteiger partial charge in [-0.15, -0.1) is 0 Å². The summed E-state index contributed by atoms with van der Waals surface area (Å²) in [6.45, 7) is 7.89. The van der Waals surface area contributed by atoms with Gasteiger partial charge in [0.1, 0.15) is 18.0 Å². The molecule has 2 heterocycles. The summed E-state index contributed by atoms with van der Waals surface area (Å²) in [5.74, 6) is -2.79. The van der Waals surface area contributed by atoms with Crippen molar-refractivity contribution < 1.29 is 64.0 Å². The number of hydrogen-bond donors (Lipinski definition) is 10. The predicted molar refractivity (Wildman–Crippen MR) is 216 cm³/mol. The van der Waals surface area contributed by atoms with E-state index in [1.807, 2.05) is 45.9 Å². The van der Waals surface area contributed by atoms with Crippen molar-refractivity contribution in [2.24, 2.45) is 17.4 Å². The number of hydrogen-bond acceptors (Lipinski definition) is 15. The number of nitrogens with one attached hydrogen (secondary N) is 2. The maximum absolute atomic E-state index is 12.7. The van der Waals surface area contributed by atoms with Crippen molar-refractivity contribution in [2.45, 2.75) is 165 Å². The average Bonchev–Trinajstić information content (AvgIpc) is 3.16. The molecule has 0 aromatic heterocycles. The zero-order chi connectivity index (χ0) is 43.3. The van der Waals surface area contributed by atoms with Crippen molar-refractivity contribution in [2.75, 3.05) is 19.7 Å². The van der Waals surface area contributed by atoms with Crippen LogP contribution in [0.4, 0.5) is 4.79 Å². The maximum atomic E-state index is 12.7. The van der Waals surface area contributed by atoms with Gasteiger partial charge in [0.05, 0.1) is 61.7 Å². The van der Waals surface area contributed by atoms with E-state index in [2.05, 4.69) is 10.6 Å². The quantitative estimate of drug-likeness (QED) is 0.0452. The van der Waals surface area contributed by atoms with Crippen LogP contribution in [0.5, 0.6) is 0 Å². The van der Waals surface area contributed by atoms with Crippen LogP contribution in [0, 0.1) is 5.92 Å². The topological polar surface area (TPSA) is 286 Å². The lowest BCUT2D eigenvalue weighted by Crippen LogP contribution is -2.63. The SMILES string of the molecule is C/C=C/C=C/C=C/C=C/C(CC1OC(O)(CC(O)CCCC(=O)CC(O)CC(=O)OC(CC)C(C)CC)CC(O)C1NC(=O)NCCN)OC1OCC(O)[C@H](N)[C@@H]1O. The van der Waals surface area contributed by atoms with Crippen LogP contribution in [-0.4, -0.2) is 141 Å². The normalized spacial score (nSPS) is 29.4. The van der Waals surface area contributed by atoms with E-state index in [1.54, 1.807) is 30.4 Å². The summed E-state index contributed by atoms with van der Waals surface area (Å²) in [7, 11) is 0. The van der Waals surface area contributed by atoms with E-state index in [1.165, 1.54) is 0 Å². The Bertz CT molecular complexity index is 1350. The highest BCUT2D eigenvalue weighted by Gasteiger charge is 2.48. The Morgan fingerprint density at radius 3 is 2.33 bits per heavy atom. The zero-order valence-electron chi connectivity index (χ0n) is 34.4. The van der Waals surface area contributed by atoms with Gasteiger partial charge in [0.15, 0.2) is 12.1 Å². The first kappa shape index (κ1) is 51.1. The van der Waals surface area contributed by atoms with Gasteiger partial charge in [0.2, 0.25) is 0 Å². The molecule has 2 rings (SSSR count). The van der Waals surface area contributed by atoms with Crippen LogP contribution in [0.25, 0.3) is 0 Å². The molecule has 0 bridgehead atoms. The first-order valence-electron chi connectivity index (χ1n) is 20.5. The van der Waals surface area contributed by atoms with Crippen molar-refractivity contribution >= 4 is 17.8 Å². The van der Waals surface area contributed by atoms with Gasteiger partial charge < -0.3 is 71.7 Å². The molecule has 0 spiro atoms. The molecule has 0 aromatic rings. The highest BCUT2D eigenvalue weighted by atomic mass is 16.7. The Balaban J connectivity index is 2.15. The Morgan fingerprint density at radius 1 is 0.983 bits per heavy atom. The molecule has 58 heavy (non-hydrogen) atoms. The summed E-state index contributed by atoms with van der Waals surface area (Å²) in [4.78, 5) is 37.7. The number of Topliss-reactive ketones (excluding diaryl/α,β-unsaturated/α-hetero) is 1. The van der Waals surface area contributed by atoms with Crippen LogP contribution in [0.15, 0.2) is 48.6 Å². The summed E-state index contributed by atoms with van der Waals surface area (Å²) >= 11 is 0. The van der Waals surface area contributed by atoms with Crippen molar-refractivity contribution in [1.29, 1.82) is 0 Å². The molecule has 17 nitrogen and oxygen atoms in total. The number of nitrogens with two attached hydrogens (primary N) is 2. The molecule has 0 aromatic carbocycles. The molecule has 0 radical (unpaired) electrons. The molecule has 13 atom stereocenters. The molecule has 2 saturated heterocycles. The number of ketones is 1. The van der Waals surface area contributed by atoms with Crippen LogP contribution in [0.1, 0.15) is 91.9 Å². The number of amides is 2. The van der Waals surface area contributed by atoms with E-state index in [9.17, 15) is 45.0 Å². The Morgan fingerprint density at radius 2 is 1.67 bits per heavy atom. The fourth-order valence-corrected chi connectivity index (χ4v) is 6.79. The summed E-state index contributed by atoms with van der Waals surface area (Å²) in [5.41, 5.74) is 11.5. The fraction of sp³-hybridized carbons (Fsp3) is 0.732. The minimum absolute atomic E-state index is 0.00271. The van der Waals surface area contributed by atoms with Crippen LogP contribution in [0.2, 0.25) is 0 Å². The van der Waals surface area contributed by atoms with E-state index >= 15 is 0 Å². The van der Waals surface area contributed by atoms with Crippen molar-refractivity contribution in [3.63, 3.8) is 0 Å². The summed E-state index contributed by atoms with van der Waals surface area (Å²) in [6.07, 6.45) is 4.60. The average molecular weight is 827 g/mol. The van der Waals surface area contributed by atoms with Crippen molar-refractivity contribution in [3.8, 4) is 0 Å². The monoisotopic (exact) mass is 826 g/mol. The molecule has 2 amide bonds. The molecule has 12 N–H and O–H groups in total. The van der Waals surface area contributed by atoms with E-state index < -0.39 is 78.9 Å². The molecular weight excluding hydrogens is 756 g/mol. The first-order valence-corrected chi connectivity index (χ1v) is 20.5.